The molecule has 3 aliphatic rings. The van der Waals surface area contributed by atoms with Gasteiger partial charge in [-0.05, 0) is 42.4 Å². The minimum absolute atomic E-state index is 0.210. The molecule has 1 unspecified atom stereocenters. The number of nitrogens with one attached hydrogen (secondary N) is 1. The van der Waals surface area contributed by atoms with Crippen LogP contribution in [0.15, 0.2) is 23.2 Å². The normalized spacial score (nSPS) is 22.7. The summed E-state index contributed by atoms with van der Waals surface area (Å²) in [6.45, 7) is 6.44. The van der Waals surface area contributed by atoms with Crippen molar-refractivity contribution in [3.63, 3.8) is 0 Å². The van der Waals surface area contributed by atoms with Gasteiger partial charge in [0.1, 0.15) is 0 Å². The predicted octanol–water partition coefficient (Wildman–Crippen LogP) is 3.31. The molecular weight excluding hydrogens is 404 g/mol. The highest BCUT2D eigenvalue weighted by atomic mass is 16.5. The Balaban J connectivity index is 1.47. The van der Waals surface area contributed by atoms with Gasteiger partial charge in [0.2, 0.25) is 0 Å². The van der Waals surface area contributed by atoms with Crippen LogP contribution < -0.4 is 14.8 Å². The van der Waals surface area contributed by atoms with Crippen LogP contribution in [-0.4, -0.2) is 83.0 Å². The van der Waals surface area contributed by atoms with Crippen LogP contribution >= 0.6 is 0 Å². The van der Waals surface area contributed by atoms with E-state index in [1.807, 2.05) is 13.1 Å². The van der Waals surface area contributed by atoms with Crippen LogP contribution in [0, 0.1) is 5.41 Å². The zero-order valence-electron chi connectivity index (χ0n) is 20.1. The molecule has 178 valence electrons. The first-order chi connectivity index (χ1) is 15.7. The minimum Gasteiger partial charge on any atom is -0.493 e. The molecule has 2 aliphatic heterocycles. The lowest BCUT2D eigenvalue weighted by atomic mass is 9.73. The molecule has 0 radical (unpaired) electrons. The first kappa shape index (κ1) is 23.2. The van der Waals surface area contributed by atoms with Crippen LogP contribution in [-0.2, 0) is 4.74 Å². The molecule has 4 rings (SSSR count). The molecule has 3 fully saturated rings. The van der Waals surface area contributed by atoms with Gasteiger partial charge in [0.25, 0.3) is 0 Å². The molecule has 1 spiro atoms. The number of ether oxygens (including phenoxy) is 3. The van der Waals surface area contributed by atoms with E-state index in [-0.39, 0.29) is 6.04 Å². The predicted molar refractivity (Wildman–Crippen MR) is 128 cm³/mol. The number of hydrogen-bond donors (Lipinski definition) is 1. The smallest absolute Gasteiger partial charge is 0.193 e. The Hall–Kier alpha value is -1.99. The van der Waals surface area contributed by atoms with Gasteiger partial charge in [0.15, 0.2) is 17.5 Å². The van der Waals surface area contributed by atoms with Crippen LogP contribution in [0.4, 0.5) is 0 Å². The highest BCUT2D eigenvalue weighted by molar-refractivity contribution is 5.80. The van der Waals surface area contributed by atoms with Crippen LogP contribution in [0.1, 0.15) is 50.1 Å². The van der Waals surface area contributed by atoms with Gasteiger partial charge >= 0.3 is 0 Å². The number of guanidine groups is 1. The van der Waals surface area contributed by atoms with Crippen LogP contribution in [0.5, 0.6) is 11.5 Å². The Morgan fingerprint density at radius 1 is 1.06 bits per heavy atom. The van der Waals surface area contributed by atoms with E-state index in [4.69, 9.17) is 14.2 Å². The van der Waals surface area contributed by atoms with Gasteiger partial charge in [0.05, 0.1) is 33.5 Å². The van der Waals surface area contributed by atoms with Crippen molar-refractivity contribution >= 4 is 5.96 Å². The Morgan fingerprint density at radius 2 is 1.81 bits per heavy atom. The summed E-state index contributed by atoms with van der Waals surface area (Å²) in [7, 11) is 5.28. The van der Waals surface area contributed by atoms with Gasteiger partial charge in [0, 0.05) is 39.8 Å². The molecule has 2 saturated heterocycles. The largest absolute Gasteiger partial charge is 0.493 e. The number of likely N-dealkylation sites (tertiary alicyclic amines) is 1. The topological polar surface area (TPSA) is 58.6 Å². The third-order valence-electron chi connectivity index (χ3n) is 7.60. The number of morpholine rings is 1. The number of benzene rings is 1. The van der Waals surface area contributed by atoms with Crippen LogP contribution in [0.3, 0.4) is 0 Å². The summed E-state index contributed by atoms with van der Waals surface area (Å²) >= 11 is 0. The third-order valence-corrected chi connectivity index (χ3v) is 7.60. The summed E-state index contributed by atoms with van der Waals surface area (Å²) in [5, 5.41) is 3.72. The first-order valence-electron chi connectivity index (χ1n) is 12.2. The molecule has 7 nitrogen and oxygen atoms in total. The van der Waals surface area contributed by atoms with E-state index in [1.54, 1.807) is 14.2 Å². The van der Waals surface area contributed by atoms with Crippen molar-refractivity contribution in [3.8, 4) is 11.5 Å². The van der Waals surface area contributed by atoms with Gasteiger partial charge in [-0.15, -0.1) is 0 Å². The average Bonchev–Trinajstić information content (AvgIpc) is 3.25. The zero-order valence-corrected chi connectivity index (χ0v) is 20.1. The molecule has 32 heavy (non-hydrogen) atoms. The molecule has 1 aromatic rings. The summed E-state index contributed by atoms with van der Waals surface area (Å²) in [6, 6.07) is 6.47. The number of rotatable bonds is 6. The second kappa shape index (κ2) is 10.8. The molecule has 1 aliphatic carbocycles. The number of aliphatic imine (C=N–C) groups is 1. The van der Waals surface area contributed by atoms with Gasteiger partial charge < -0.3 is 24.4 Å². The van der Waals surface area contributed by atoms with Crippen molar-refractivity contribution in [2.75, 3.05) is 67.2 Å². The lowest BCUT2D eigenvalue weighted by molar-refractivity contribution is 0.0168. The van der Waals surface area contributed by atoms with Crippen LogP contribution in [0.2, 0.25) is 0 Å². The number of methoxy groups -OCH3 is 2. The highest BCUT2D eigenvalue weighted by Crippen LogP contribution is 2.43. The molecule has 0 amide bonds. The number of nitrogens with zero attached hydrogens (tertiary/aromatic N) is 3. The summed E-state index contributed by atoms with van der Waals surface area (Å²) in [4.78, 5) is 9.64. The average molecular weight is 445 g/mol. The van der Waals surface area contributed by atoms with E-state index in [1.165, 1.54) is 44.1 Å². The van der Waals surface area contributed by atoms with E-state index in [0.717, 1.165) is 63.4 Å². The maximum absolute atomic E-state index is 5.62. The maximum Gasteiger partial charge on any atom is 0.193 e. The van der Waals surface area contributed by atoms with Crippen molar-refractivity contribution in [2.24, 2.45) is 10.4 Å². The molecule has 0 bridgehead atoms. The molecule has 1 atom stereocenters. The molecule has 1 N–H and O–H groups in total. The zero-order chi connectivity index (χ0) is 22.4. The molecule has 2 heterocycles. The van der Waals surface area contributed by atoms with Gasteiger partial charge in [-0.3, -0.25) is 9.89 Å². The van der Waals surface area contributed by atoms with Crippen molar-refractivity contribution in [1.82, 2.24) is 15.1 Å². The van der Waals surface area contributed by atoms with Crippen molar-refractivity contribution in [2.45, 2.75) is 44.6 Å². The number of hydrogen-bond acceptors (Lipinski definition) is 5. The second-order valence-corrected chi connectivity index (χ2v) is 9.44. The first-order valence-corrected chi connectivity index (χ1v) is 12.2. The Kier molecular flexibility index (Phi) is 7.79. The fraction of sp³-hybridized carbons (Fsp3) is 0.720. The Labute approximate surface area is 193 Å². The highest BCUT2D eigenvalue weighted by Gasteiger charge is 2.40. The van der Waals surface area contributed by atoms with E-state index in [0.29, 0.717) is 5.41 Å². The SMILES string of the molecule is CN=C(NCC(c1ccc(OC)c(OC)c1)N1CCOCC1)N1CCC2(CCCCC2)C1. The second-order valence-electron chi connectivity index (χ2n) is 9.44. The lowest BCUT2D eigenvalue weighted by Crippen LogP contribution is -2.47. The van der Waals surface area contributed by atoms with Crippen molar-refractivity contribution in [3.05, 3.63) is 23.8 Å². The molecular formula is C25H40N4O3. The molecule has 0 aromatic heterocycles. The van der Waals surface area contributed by atoms with E-state index in [9.17, 15) is 0 Å². The third kappa shape index (κ3) is 5.15. The quantitative estimate of drug-likeness (QED) is 0.537. The summed E-state index contributed by atoms with van der Waals surface area (Å²) in [5.41, 5.74) is 1.74. The van der Waals surface area contributed by atoms with E-state index >= 15 is 0 Å². The summed E-state index contributed by atoms with van der Waals surface area (Å²) in [5.74, 6) is 2.56. The van der Waals surface area contributed by atoms with Gasteiger partial charge in [-0.2, -0.15) is 0 Å². The lowest BCUT2D eigenvalue weighted by Gasteiger charge is -2.36. The van der Waals surface area contributed by atoms with Crippen molar-refractivity contribution in [1.29, 1.82) is 0 Å². The molecule has 1 saturated carbocycles. The standard InChI is InChI=1S/C25H40N4O3/c1-26-24(29-12-11-25(19-29)9-5-4-6-10-25)27-18-21(28-13-15-32-16-14-28)20-7-8-22(30-2)23(17-20)31-3/h7-8,17,21H,4-6,9-16,18-19H2,1-3H3,(H,26,27). The Bertz CT molecular complexity index is 772. The van der Waals surface area contributed by atoms with Crippen LogP contribution in [0.25, 0.3) is 0 Å². The Morgan fingerprint density at radius 3 is 2.50 bits per heavy atom. The minimum atomic E-state index is 0.210. The fourth-order valence-corrected chi connectivity index (χ4v) is 5.75. The molecule has 7 heteroatoms. The van der Waals surface area contributed by atoms with Gasteiger partial charge in [-0.1, -0.05) is 25.3 Å². The van der Waals surface area contributed by atoms with Gasteiger partial charge in [-0.25, -0.2) is 0 Å². The fourth-order valence-electron chi connectivity index (χ4n) is 5.75. The summed E-state index contributed by atoms with van der Waals surface area (Å²) in [6.07, 6.45) is 8.24. The summed E-state index contributed by atoms with van der Waals surface area (Å²) < 4.78 is 16.7. The maximum atomic E-state index is 5.62. The van der Waals surface area contributed by atoms with E-state index < -0.39 is 0 Å². The molecule has 1 aromatic carbocycles. The van der Waals surface area contributed by atoms with Crippen molar-refractivity contribution < 1.29 is 14.2 Å². The monoisotopic (exact) mass is 444 g/mol. The van der Waals surface area contributed by atoms with E-state index in [2.05, 4.69) is 32.2 Å².